The molecule has 2 unspecified atom stereocenters. The predicted molar refractivity (Wildman–Crippen MR) is 120 cm³/mol. The van der Waals surface area contributed by atoms with Crippen LogP contribution in [0, 0.1) is 12.3 Å². The average Bonchev–Trinajstić information content (AvgIpc) is 2.78. The number of piperidine rings is 1. The molecule has 1 saturated heterocycles. The van der Waals surface area contributed by atoms with Crippen LogP contribution in [-0.4, -0.2) is 42.6 Å². The van der Waals surface area contributed by atoms with Gasteiger partial charge in [-0.1, -0.05) is 48.0 Å². The Bertz CT molecular complexity index is 943. The summed E-state index contributed by atoms with van der Waals surface area (Å²) >= 11 is 0. The van der Waals surface area contributed by atoms with Crippen LogP contribution in [0.3, 0.4) is 0 Å². The number of carbonyl (C=O) groups is 2. The fourth-order valence-electron chi connectivity index (χ4n) is 4.39. The number of hydrogen-bond acceptors (Lipinski definition) is 3. The van der Waals surface area contributed by atoms with E-state index >= 15 is 0 Å². The third-order valence-electron chi connectivity index (χ3n) is 6.31. The van der Waals surface area contributed by atoms with Gasteiger partial charge in [0.25, 0.3) is 0 Å². The average molecular weight is 422 g/mol. The lowest BCUT2D eigenvalue weighted by atomic mass is 9.81. The van der Waals surface area contributed by atoms with Gasteiger partial charge >= 0.3 is 6.03 Å². The van der Waals surface area contributed by atoms with Crippen molar-refractivity contribution in [3.8, 4) is 5.75 Å². The molecule has 6 heteroatoms. The van der Waals surface area contributed by atoms with Gasteiger partial charge in [-0.25, -0.2) is 4.79 Å². The van der Waals surface area contributed by atoms with Gasteiger partial charge in [-0.15, -0.1) is 0 Å². The Morgan fingerprint density at radius 3 is 2.74 bits per heavy atom. The van der Waals surface area contributed by atoms with Gasteiger partial charge < -0.3 is 20.3 Å². The number of aryl methyl sites for hydroxylation is 1. The SMILES string of the molecule is Cc1ccc(CNC(=O)C2(C)CCCN(C(=O)NC3COc4ccccc4C3)C2)cc1. The summed E-state index contributed by atoms with van der Waals surface area (Å²) in [6.45, 7) is 6.05. The summed E-state index contributed by atoms with van der Waals surface area (Å²) in [5.74, 6) is 0.893. The summed E-state index contributed by atoms with van der Waals surface area (Å²) in [7, 11) is 0. The third kappa shape index (κ3) is 5.01. The van der Waals surface area contributed by atoms with Crippen LogP contribution in [0.1, 0.15) is 36.5 Å². The highest BCUT2D eigenvalue weighted by atomic mass is 16.5. The second-order valence-corrected chi connectivity index (χ2v) is 9.02. The molecule has 31 heavy (non-hydrogen) atoms. The van der Waals surface area contributed by atoms with Gasteiger partial charge in [-0.05, 0) is 50.3 Å². The Hall–Kier alpha value is -3.02. The number of hydrogen-bond donors (Lipinski definition) is 2. The zero-order chi connectivity index (χ0) is 21.8. The second kappa shape index (κ2) is 9.00. The van der Waals surface area contributed by atoms with E-state index in [1.165, 1.54) is 5.56 Å². The van der Waals surface area contributed by atoms with E-state index in [0.717, 1.165) is 36.1 Å². The molecule has 3 amide bonds. The fourth-order valence-corrected chi connectivity index (χ4v) is 4.39. The maximum Gasteiger partial charge on any atom is 0.317 e. The monoisotopic (exact) mass is 421 g/mol. The van der Waals surface area contributed by atoms with Crippen molar-refractivity contribution in [2.75, 3.05) is 19.7 Å². The number of ether oxygens (including phenoxy) is 1. The van der Waals surface area contributed by atoms with Gasteiger partial charge in [0.15, 0.2) is 0 Å². The van der Waals surface area contributed by atoms with Crippen molar-refractivity contribution in [2.24, 2.45) is 5.41 Å². The van der Waals surface area contributed by atoms with Crippen molar-refractivity contribution in [2.45, 2.75) is 45.7 Å². The standard InChI is InChI=1S/C25H31N3O3/c1-18-8-10-19(11-9-18)15-26-23(29)25(2)12-5-13-28(17-25)24(30)27-21-14-20-6-3-4-7-22(20)31-16-21/h3-4,6-11,21H,5,12-17H2,1-2H3,(H,26,29)(H,27,30). The first-order valence-electron chi connectivity index (χ1n) is 11.0. The molecule has 2 heterocycles. The molecule has 0 aliphatic carbocycles. The van der Waals surface area contributed by atoms with Crippen LogP contribution in [0.2, 0.25) is 0 Å². The number of carbonyl (C=O) groups excluding carboxylic acids is 2. The topological polar surface area (TPSA) is 70.7 Å². The molecule has 2 aliphatic heterocycles. The van der Waals surface area contributed by atoms with Crippen LogP contribution in [0.5, 0.6) is 5.75 Å². The van der Waals surface area contributed by atoms with Gasteiger partial charge in [0, 0.05) is 19.6 Å². The molecule has 2 N–H and O–H groups in total. The van der Waals surface area contributed by atoms with Crippen LogP contribution >= 0.6 is 0 Å². The molecular formula is C25H31N3O3. The molecule has 1 fully saturated rings. The molecule has 0 radical (unpaired) electrons. The van der Waals surface area contributed by atoms with Crippen LogP contribution in [-0.2, 0) is 17.8 Å². The van der Waals surface area contributed by atoms with E-state index in [9.17, 15) is 9.59 Å². The van der Waals surface area contributed by atoms with E-state index in [-0.39, 0.29) is 18.0 Å². The number of rotatable bonds is 4. The first kappa shape index (κ1) is 21.2. The Morgan fingerprint density at radius 1 is 1.16 bits per heavy atom. The van der Waals surface area contributed by atoms with Gasteiger partial charge in [0.1, 0.15) is 12.4 Å². The van der Waals surface area contributed by atoms with Gasteiger partial charge in [-0.3, -0.25) is 4.79 Å². The lowest BCUT2D eigenvalue weighted by molar-refractivity contribution is -0.132. The van der Waals surface area contributed by atoms with Crippen molar-refractivity contribution in [1.29, 1.82) is 0 Å². The number of fused-ring (bicyclic) bond motifs is 1. The van der Waals surface area contributed by atoms with E-state index in [1.807, 2.05) is 62.4 Å². The quantitative estimate of drug-likeness (QED) is 0.795. The summed E-state index contributed by atoms with van der Waals surface area (Å²) in [6, 6.07) is 15.9. The van der Waals surface area contributed by atoms with Crippen molar-refractivity contribution in [3.63, 3.8) is 0 Å². The molecular weight excluding hydrogens is 390 g/mol. The summed E-state index contributed by atoms with van der Waals surface area (Å²) in [5.41, 5.74) is 2.79. The molecule has 2 aliphatic rings. The highest BCUT2D eigenvalue weighted by molar-refractivity contribution is 5.84. The summed E-state index contributed by atoms with van der Waals surface area (Å²) < 4.78 is 5.79. The predicted octanol–water partition coefficient (Wildman–Crippen LogP) is 3.43. The molecule has 0 saturated carbocycles. The Kier molecular flexibility index (Phi) is 6.16. The van der Waals surface area contributed by atoms with Crippen molar-refractivity contribution in [3.05, 3.63) is 65.2 Å². The van der Waals surface area contributed by atoms with E-state index in [1.54, 1.807) is 4.90 Å². The highest BCUT2D eigenvalue weighted by Crippen LogP contribution is 2.30. The molecule has 2 atom stereocenters. The number of para-hydroxylation sites is 1. The Balaban J connectivity index is 1.32. The van der Waals surface area contributed by atoms with Crippen LogP contribution < -0.4 is 15.4 Å². The molecule has 4 rings (SSSR count). The van der Waals surface area contributed by atoms with Crippen LogP contribution in [0.15, 0.2) is 48.5 Å². The first-order chi connectivity index (χ1) is 14.9. The third-order valence-corrected chi connectivity index (χ3v) is 6.31. The number of nitrogens with one attached hydrogen (secondary N) is 2. The normalized spacial score (nSPS) is 22.8. The zero-order valence-electron chi connectivity index (χ0n) is 18.3. The number of nitrogens with zero attached hydrogens (tertiary/aromatic N) is 1. The van der Waals surface area contributed by atoms with E-state index in [4.69, 9.17) is 4.74 Å². The fraction of sp³-hybridized carbons (Fsp3) is 0.440. The lowest BCUT2D eigenvalue weighted by Crippen LogP contribution is -2.56. The molecule has 6 nitrogen and oxygen atoms in total. The minimum absolute atomic E-state index is 0.000465. The maximum atomic E-state index is 13.0. The number of likely N-dealkylation sites (tertiary alicyclic amines) is 1. The molecule has 2 aromatic rings. The minimum Gasteiger partial charge on any atom is -0.491 e. The molecule has 0 spiro atoms. The largest absolute Gasteiger partial charge is 0.491 e. The minimum atomic E-state index is -0.587. The smallest absolute Gasteiger partial charge is 0.317 e. The van der Waals surface area contributed by atoms with Crippen molar-refractivity contribution < 1.29 is 14.3 Å². The van der Waals surface area contributed by atoms with E-state index in [2.05, 4.69) is 10.6 Å². The van der Waals surface area contributed by atoms with E-state index in [0.29, 0.717) is 26.2 Å². The highest BCUT2D eigenvalue weighted by Gasteiger charge is 2.39. The molecule has 0 aromatic heterocycles. The number of amides is 3. The van der Waals surface area contributed by atoms with Crippen LogP contribution in [0.25, 0.3) is 0 Å². The summed E-state index contributed by atoms with van der Waals surface area (Å²) in [4.78, 5) is 27.7. The van der Waals surface area contributed by atoms with Gasteiger partial charge in [-0.2, -0.15) is 0 Å². The molecule has 2 aromatic carbocycles. The van der Waals surface area contributed by atoms with Gasteiger partial charge in [0.2, 0.25) is 5.91 Å². The summed E-state index contributed by atoms with van der Waals surface area (Å²) in [6.07, 6.45) is 2.34. The number of benzene rings is 2. The Morgan fingerprint density at radius 2 is 1.94 bits per heavy atom. The second-order valence-electron chi connectivity index (χ2n) is 9.02. The maximum absolute atomic E-state index is 13.0. The molecule has 164 valence electrons. The van der Waals surface area contributed by atoms with Gasteiger partial charge in [0.05, 0.1) is 11.5 Å². The van der Waals surface area contributed by atoms with Crippen molar-refractivity contribution in [1.82, 2.24) is 15.5 Å². The first-order valence-corrected chi connectivity index (χ1v) is 11.0. The van der Waals surface area contributed by atoms with E-state index < -0.39 is 5.41 Å². The zero-order valence-corrected chi connectivity index (χ0v) is 18.3. The van der Waals surface area contributed by atoms with Crippen LogP contribution in [0.4, 0.5) is 4.79 Å². The lowest BCUT2D eigenvalue weighted by Gasteiger charge is -2.40. The Labute approximate surface area is 184 Å². The molecule has 0 bridgehead atoms. The van der Waals surface area contributed by atoms with Crippen molar-refractivity contribution >= 4 is 11.9 Å². The summed E-state index contributed by atoms with van der Waals surface area (Å²) in [5, 5.41) is 6.16. The number of urea groups is 1.